The van der Waals surface area contributed by atoms with Crippen LogP contribution < -0.4 is 0 Å². The van der Waals surface area contributed by atoms with E-state index in [-0.39, 0.29) is 31.4 Å². The van der Waals surface area contributed by atoms with Gasteiger partial charge in [-0.15, -0.1) is 0 Å². The molecule has 2 unspecified atom stereocenters. The second-order valence-electron chi connectivity index (χ2n) is 10.1. The molecule has 2 aliphatic rings. The van der Waals surface area contributed by atoms with Crippen molar-refractivity contribution in [2.45, 2.75) is 51.8 Å². The molecule has 2 atom stereocenters. The summed E-state index contributed by atoms with van der Waals surface area (Å²) in [5.41, 5.74) is -2.26. The molecule has 7 nitrogen and oxygen atoms in total. The number of nitrogens with one attached hydrogen (secondary N) is 2. The molecular formula is C23H26F6N4O3. The van der Waals surface area contributed by atoms with E-state index in [9.17, 15) is 35.9 Å². The van der Waals surface area contributed by atoms with Gasteiger partial charge in [-0.05, 0) is 50.7 Å². The van der Waals surface area contributed by atoms with Gasteiger partial charge in [0.15, 0.2) is 11.6 Å². The predicted molar refractivity (Wildman–Crippen MR) is 116 cm³/mol. The van der Waals surface area contributed by atoms with Crippen LogP contribution in [0.25, 0.3) is 0 Å². The summed E-state index contributed by atoms with van der Waals surface area (Å²) >= 11 is 0. The van der Waals surface area contributed by atoms with Crippen LogP contribution in [0.2, 0.25) is 0 Å². The third-order valence-electron chi connectivity index (χ3n) is 6.17. The van der Waals surface area contributed by atoms with Crippen molar-refractivity contribution in [1.29, 1.82) is 10.8 Å². The minimum Gasteiger partial charge on any atom is -0.460 e. The molecular weight excluding hydrogens is 494 g/mol. The lowest BCUT2D eigenvalue weighted by Gasteiger charge is -2.37. The molecule has 0 aromatic heterocycles. The summed E-state index contributed by atoms with van der Waals surface area (Å²) in [6.45, 7) is 3.77. The average molecular weight is 520 g/mol. The molecule has 2 fully saturated rings. The van der Waals surface area contributed by atoms with Gasteiger partial charge >= 0.3 is 12.1 Å². The Hall–Kier alpha value is -3.12. The van der Waals surface area contributed by atoms with Crippen LogP contribution in [0.5, 0.6) is 0 Å². The van der Waals surface area contributed by atoms with E-state index >= 15 is 0 Å². The van der Waals surface area contributed by atoms with Gasteiger partial charge in [0.2, 0.25) is 11.7 Å². The SMILES string of the molecule is CC(C)(C)OC(=O)C1CC1(CC(=O)N1CCN(C(=N)C(F)(F)F)C(=N)C1)Cc1cc(F)c(F)cc1F. The maximum atomic E-state index is 14.4. The van der Waals surface area contributed by atoms with Crippen molar-refractivity contribution in [3.63, 3.8) is 0 Å². The molecule has 13 heteroatoms. The highest BCUT2D eigenvalue weighted by molar-refractivity contribution is 6.03. The fourth-order valence-electron chi connectivity index (χ4n) is 4.31. The molecule has 1 aliphatic heterocycles. The Bertz CT molecular complexity index is 1100. The number of hydrogen-bond acceptors (Lipinski definition) is 5. The Morgan fingerprint density at radius 3 is 2.25 bits per heavy atom. The lowest BCUT2D eigenvalue weighted by molar-refractivity contribution is -0.157. The Morgan fingerprint density at radius 1 is 1.08 bits per heavy atom. The van der Waals surface area contributed by atoms with Gasteiger partial charge in [0, 0.05) is 25.6 Å². The molecule has 2 N–H and O–H groups in total. The quantitative estimate of drug-likeness (QED) is 0.201. The standard InChI is InChI=1S/C23H26F6N4O3/c1-21(2,3)36-19(35)13-9-22(13,8-12-6-15(25)16(26)7-14(12)24)10-18(34)32-4-5-33(17(30)11-32)20(31)23(27,28)29/h6-7,13,30-31H,4-5,8-11H2,1-3H3. The highest BCUT2D eigenvalue weighted by Crippen LogP contribution is 2.58. The molecule has 198 valence electrons. The van der Waals surface area contributed by atoms with Gasteiger partial charge in [-0.2, -0.15) is 13.2 Å². The number of ether oxygens (including phenoxy) is 1. The molecule has 36 heavy (non-hydrogen) atoms. The second-order valence-corrected chi connectivity index (χ2v) is 10.1. The number of rotatable bonds is 5. The van der Waals surface area contributed by atoms with Gasteiger partial charge in [-0.3, -0.25) is 20.4 Å². The summed E-state index contributed by atoms with van der Waals surface area (Å²) in [6.07, 6.45) is -5.48. The van der Waals surface area contributed by atoms with Crippen LogP contribution in [0.4, 0.5) is 26.3 Å². The van der Waals surface area contributed by atoms with Gasteiger partial charge in [0.05, 0.1) is 12.5 Å². The van der Waals surface area contributed by atoms with Gasteiger partial charge in [-0.25, -0.2) is 13.2 Å². The summed E-state index contributed by atoms with van der Waals surface area (Å²) in [5.74, 6) is -8.12. The average Bonchev–Trinajstić information content (AvgIpc) is 3.43. The number of carbonyl (C=O) groups is 2. The smallest absolute Gasteiger partial charge is 0.449 e. The third-order valence-corrected chi connectivity index (χ3v) is 6.17. The maximum Gasteiger partial charge on any atom is 0.449 e. The van der Waals surface area contributed by atoms with Crippen LogP contribution in [0.1, 0.15) is 39.2 Å². The lowest BCUT2D eigenvalue weighted by atomic mass is 9.89. The number of hydrogen-bond donors (Lipinski definition) is 2. The molecule has 0 spiro atoms. The van der Waals surface area contributed by atoms with E-state index in [1.54, 1.807) is 20.8 Å². The number of halogens is 6. The van der Waals surface area contributed by atoms with Crippen molar-refractivity contribution in [1.82, 2.24) is 9.80 Å². The van der Waals surface area contributed by atoms with Crippen molar-refractivity contribution in [3.05, 3.63) is 35.1 Å². The molecule has 0 bridgehead atoms. The minimum atomic E-state index is -4.95. The fourth-order valence-corrected chi connectivity index (χ4v) is 4.31. The predicted octanol–water partition coefficient (Wildman–Crippen LogP) is 4.05. The number of alkyl halides is 3. The monoisotopic (exact) mass is 520 g/mol. The van der Waals surface area contributed by atoms with E-state index in [4.69, 9.17) is 15.6 Å². The zero-order chi connectivity index (χ0) is 27.2. The van der Waals surface area contributed by atoms with Gasteiger partial charge < -0.3 is 14.5 Å². The number of amidine groups is 2. The van der Waals surface area contributed by atoms with E-state index < -0.39 is 77.2 Å². The second kappa shape index (κ2) is 9.40. The molecule has 1 amide bonds. The van der Waals surface area contributed by atoms with Gasteiger partial charge in [0.1, 0.15) is 17.3 Å². The van der Waals surface area contributed by atoms with Crippen LogP contribution >= 0.6 is 0 Å². The summed E-state index contributed by atoms with van der Waals surface area (Å²) in [6, 6.07) is 1.04. The topological polar surface area (TPSA) is 97.6 Å². The molecule has 1 saturated carbocycles. The van der Waals surface area contributed by atoms with Crippen LogP contribution in [0.15, 0.2) is 12.1 Å². The maximum absolute atomic E-state index is 14.4. The van der Waals surface area contributed by atoms with Crippen LogP contribution in [0.3, 0.4) is 0 Å². The Balaban J connectivity index is 1.79. The minimum absolute atomic E-state index is 0.0994. The zero-order valence-corrected chi connectivity index (χ0v) is 19.9. The molecule has 1 heterocycles. The van der Waals surface area contributed by atoms with Crippen molar-refractivity contribution in [3.8, 4) is 0 Å². The first kappa shape index (κ1) is 27.5. The van der Waals surface area contributed by atoms with E-state index in [1.807, 2.05) is 0 Å². The molecule has 1 saturated heterocycles. The van der Waals surface area contributed by atoms with E-state index in [1.165, 1.54) is 0 Å². The number of benzene rings is 1. The van der Waals surface area contributed by atoms with Crippen LogP contribution in [-0.4, -0.2) is 64.8 Å². The summed E-state index contributed by atoms with van der Waals surface area (Å²) in [7, 11) is 0. The van der Waals surface area contributed by atoms with E-state index in [2.05, 4.69) is 0 Å². The summed E-state index contributed by atoms with van der Waals surface area (Å²) in [4.78, 5) is 27.4. The number of piperazine rings is 1. The number of nitrogens with zero attached hydrogens (tertiary/aromatic N) is 2. The molecule has 1 aromatic rings. The summed E-state index contributed by atoms with van der Waals surface area (Å²) in [5, 5.41) is 15.1. The Kier molecular flexibility index (Phi) is 7.17. The number of carbonyl (C=O) groups excluding carboxylic acids is 2. The van der Waals surface area contributed by atoms with Gasteiger partial charge in [-0.1, -0.05) is 0 Å². The van der Waals surface area contributed by atoms with E-state index in [0.717, 1.165) is 4.90 Å². The fraction of sp³-hybridized carbons (Fsp3) is 0.565. The zero-order valence-electron chi connectivity index (χ0n) is 19.9. The van der Waals surface area contributed by atoms with Crippen molar-refractivity contribution in [2.24, 2.45) is 11.3 Å². The Morgan fingerprint density at radius 2 is 1.69 bits per heavy atom. The Labute approximate surface area is 203 Å². The first-order valence-corrected chi connectivity index (χ1v) is 11.1. The number of amides is 1. The molecule has 3 rings (SSSR count). The normalized spacial score (nSPS) is 22.5. The first-order chi connectivity index (χ1) is 16.4. The van der Waals surface area contributed by atoms with Crippen LogP contribution in [-0.2, 0) is 20.7 Å². The molecule has 1 aromatic carbocycles. The third kappa shape index (κ3) is 5.98. The first-order valence-electron chi connectivity index (χ1n) is 11.1. The van der Waals surface area contributed by atoms with Crippen LogP contribution in [0, 0.1) is 39.6 Å². The molecule has 1 aliphatic carbocycles. The summed E-state index contributed by atoms with van der Waals surface area (Å²) < 4.78 is 85.5. The van der Waals surface area contributed by atoms with Crippen molar-refractivity contribution in [2.75, 3.05) is 19.6 Å². The van der Waals surface area contributed by atoms with E-state index in [0.29, 0.717) is 17.0 Å². The van der Waals surface area contributed by atoms with Crippen molar-refractivity contribution < 1.29 is 40.7 Å². The molecule has 0 radical (unpaired) electrons. The van der Waals surface area contributed by atoms with Crippen molar-refractivity contribution >= 4 is 23.5 Å². The number of esters is 1. The van der Waals surface area contributed by atoms with Gasteiger partial charge in [0.25, 0.3) is 0 Å². The largest absolute Gasteiger partial charge is 0.460 e. The lowest BCUT2D eigenvalue weighted by Crippen LogP contribution is -2.56. The highest BCUT2D eigenvalue weighted by atomic mass is 19.4. The highest BCUT2D eigenvalue weighted by Gasteiger charge is 2.60.